The molecular formula is C16H12FN7O. The van der Waals surface area contributed by atoms with E-state index in [1.807, 2.05) is 0 Å². The van der Waals surface area contributed by atoms with Crippen LogP contribution in [0.5, 0.6) is 0 Å². The number of nitrogen functional groups attached to an aromatic ring is 1. The zero-order valence-corrected chi connectivity index (χ0v) is 12.9. The lowest BCUT2D eigenvalue weighted by Crippen LogP contribution is -2.07. The number of hydrogen-bond acceptors (Lipinski definition) is 7. The lowest BCUT2D eigenvalue weighted by Gasteiger charge is -2.05. The molecule has 0 aromatic carbocycles. The highest BCUT2D eigenvalue weighted by atomic mass is 19.1. The van der Waals surface area contributed by atoms with Gasteiger partial charge in [0.15, 0.2) is 5.82 Å². The third kappa shape index (κ3) is 2.94. The van der Waals surface area contributed by atoms with Crippen molar-refractivity contribution >= 4 is 5.82 Å². The summed E-state index contributed by atoms with van der Waals surface area (Å²) in [6, 6.07) is 7.90. The summed E-state index contributed by atoms with van der Waals surface area (Å²) >= 11 is 0. The predicted octanol–water partition coefficient (Wildman–Crippen LogP) is 2.16. The molecule has 124 valence electrons. The number of rotatable bonds is 4. The second-order valence-electron chi connectivity index (χ2n) is 5.19. The highest BCUT2D eigenvalue weighted by molar-refractivity contribution is 5.63. The molecule has 4 heterocycles. The number of hydrogen-bond donors (Lipinski definition) is 1. The summed E-state index contributed by atoms with van der Waals surface area (Å²) in [4.78, 5) is 12.4. The Morgan fingerprint density at radius 3 is 2.80 bits per heavy atom. The van der Waals surface area contributed by atoms with Crippen molar-refractivity contribution in [3.8, 4) is 22.9 Å². The molecule has 2 N–H and O–H groups in total. The Kier molecular flexibility index (Phi) is 3.65. The molecule has 4 aromatic heterocycles. The first-order valence-corrected chi connectivity index (χ1v) is 7.37. The standard InChI is InChI=1S/C16H12FN7O/c17-10-2-1-5-19-13(10)9-24-14(11-4-7-25-23-11)8-12(22-24)16-20-6-3-15(18)21-16/h1-8H,9H2,(H2,18,20,21). The Hall–Kier alpha value is -3.62. The van der Waals surface area contributed by atoms with Crippen molar-refractivity contribution in [1.82, 2.24) is 29.9 Å². The van der Waals surface area contributed by atoms with E-state index in [1.54, 1.807) is 29.1 Å². The number of anilines is 1. The first kappa shape index (κ1) is 14.9. The predicted molar refractivity (Wildman–Crippen MR) is 86.5 cm³/mol. The molecule has 8 nitrogen and oxygen atoms in total. The first-order valence-electron chi connectivity index (χ1n) is 7.37. The molecule has 0 fully saturated rings. The maximum Gasteiger partial charge on any atom is 0.182 e. The lowest BCUT2D eigenvalue weighted by atomic mass is 10.2. The molecule has 4 rings (SSSR count). The molecule has 4 aromatic rings. The number of nitrogens with two attached hydrogens (primary N) is 1. The minimum absolute atomic E-state index is 0.122. The van der Waals surface area contributed by atoms with Crippen LogP contribution in [0.2, 0.25) is 0 Å². The van der Waals surface area contributed by atoms with Crippen molar-refractivity contribution in [3.05, 3.63) is 60.5 Å². The normalized spacial score (nSPS) is 10.9. The minimum atomic E-state index is -0.411. The molecule has 0 saturated heterocycles. The van der Waals surface area contributed by atoms with E-state index in [0.29, 0.717) is 28.7 Å². The maximum absolute atomic E-state index is 14.0. The average molecular weight is 337 g/mol. The summed E-state index contributed by atoms with van der Waals surface area (Å²) in [7, 11) is 0. The average Bonchev–Trinajstić information content (AvgIpc) is 3.26. The topological polar surface area (TPSA) is 109 Å². The summed E-state index contributed by atoms with van der Waals surface area (Å²) < 4.78 is 20.4. The van der Waals surface area contributed by atoms with E-state index in [2.05, 4.69) is 25.2 Å². The van der Waals surface area contributed by atoms with Crippen molar-refractivity contribution in [2.45, 2.75) is 6.54 Å². The van der Waals surface area contributed by atoms with Crippen molar-refractivity contribution in [1.29, 1.82) is 0 Å². The third-order valence-electron chi connectivity index (χ3n) is 3.52. The van der Waals surface area contributed by atoms with Crippen LogP contribution in [0.1, 0.15) is 5.69 Å². The fourth-order valence-corrected chi connectivity index (χ4v) is 2.37. The van der Waals surface area contributed by atoms with Crippen LogP contribution in [0, 0.1) is 5.82 Å². The Labute approximate surface area is 141 Å². The van der Waals surface area contributed by atoms with E-state index in [1.165, 1.54) is 24.6 Å². The van der Waals surface area contributed by atoms with Crippen LogP contribution in [0.25, 0.3) is 22.9 Å². The van der Waals surface area contributed by atoms with Crippen LogP contribution in [-0.2, 0) is 6.54 Å². The fraction of sp³-hybridized carbons (Fsp3) is 0.0625. The Morgan fingerprint density at radius 2 is 2.04 bits per heavy atom. The van der Waals surface area contributed by atoms with Crippen molar-refractivity contribution in [2.75, 3.05) is 5.73 Å². The number of halogens is 1. The fourth-order valence-electron chi connectivity index (χ4n) is 2.37. The van der Waals surface area contributed by atoms with Crippen LogP contribution in [-0.4, -0.2) is 29.9 Å². The molecule has 0 aliphatic rings. The van der Waals surface area contributed by atoms with Gasteiger partial charge in [-0.25, -0.2) is 14.4 Å². The Bertz CT molecular complexity index is 1010. The van der Waals surface area contributed by atoms with E-state index < -0.39 is 5.82 Å². The van der Waals surface area contributed by atoms with E-state index in [4.69, 9.17) is 10.3 Å². The zero-order chi connectivity index (χ0) is 17.2. The number of nitrogens with zero attached hydrogens (tertiary/aromatic N) is 6. The van der Waals surface area contributed by atoms with Gasteiger partial charge in [-0.3, -0.25) is 9.67 Å². The van der Waals surface area contributed by atoms with Gasteiger partial charge in [0.1, 0.15) is 29.3 Å². The summed E-state index contributed by atoms with van der Waals surface area (Å²) in [5.41, 5.74) is 7.63. The smallest absolute Gasteiger partial charge is 0.182 e. The highest BCUT2D eigenvalue weighted by Gasteiger charge is 2.17. The van der Waals surface area contributed by atoms with Gasteiger partial charge in [-0.05, 0) is 24.3 Å². The van der Waals surface area contributed by atoms with Crippen LogP contribution >= 0.6 is 0 Å². The quantitative estimate of drug-likeness (QED) is 0.608. The Balaban J connectivity index is 1.80. The molecular weight excluding hydrogens is 325 g/mol. The molecule has 9 heteroatoms. The molecule has 0 bridgehead atoms. The van der Waals surface area contributed by atoms with Gasteiger partial charge >= 0.3 is 0 Å². The molecule has 0 aliphatic heterocycles. The van der Waals surface area contributed by atoms with Crippen LogP contribution in [0.4, 0.5) is 10.2 Å². The van der Waals surface area contributed by atoms with Gasteiger partial charge in [-0.15, -0.1) is 0 Å². The molecule has 0 aliphatic carbocycles. The number of pyridine rings is 1. The highest BCUT2D eigenvalue weighted by Crippen LogP contribution is 2.24. The zero-order valence-electron chi connectivity index (χ0n) is 12.9. The van der Waals surface area contributed by atoms with Crippen LogP contribution in [0.3, 0.4) is 0 Å². The van der Waals surface area contributed by atoms with Gasteiger partial charge in [0.25, 0.3) is 0 Å². The second kappa shape index (κ2) is 6.11. The van der Waals surface area contributed by atoms with Crippen LogP contribution in [0.15, 0.2) is 53.5 Å². The molecule has 0 unspecified atom stereocenters. The van der Waals surface area contributed by atoms with E-state index in [9.17, 15) is 4.39 Å². The van der Waals surface area contributed by atoms with Gasteiger partial charge in [-0.1, -0.05) is 5.16 Å². The molecule has 0 radical (unpaired) electrons. The Morgan fingerprint density at radius 1 is 1.12 bits per heavy atom. The SMILES string of the molecule is Nc1ccnc(-c2cc(-c3ccon3)n(Cc3ncccc3F)n2)n1. The van der Waals surface area contributed by atoms with Crippen molar-refractivity contribution in [3.63, 3.8) is 0 Å². The van der Waals surface area contributed by atoms with Gasteiger partial charge in [0, 0.05) is 18.5 Å². The molecule has 0 saturated carbocycles. The first-order chi connectivity index (χ1) is 12.2. The summed E-state index contributed by atoms with van der Waals surface area (Å²) in [6.45, 7) is 0.122. The minimum Gasteiger partial charge on any atom is -0.384 e. The van der Waals surface area contributed by atoms with Gasteiger partial charge in [0.2, 0.25) is 0 Å². The van der Waals surface area contributed by atoms with Crippen LogP contribution < -0.4 is 5.73 Å². The summed E-state index contributed by atoms with van der Waals surface area (Å²) in [5.74, 6) is 0.286. The number of aromatic nitrogens is 6. The molecule has 0 atom stereocenters. The van der Waals surface area contributed by atoms with E-state index >= 15 is 0 Å². The van der Waals surface area contributed by atoms with Crippen molar-refractivity contribution < 1.29 is 8.91 Å². The summed E-state index contributed by atoms with van der Waals surface area (Å²) in [5, 5.41) is 8.38. The molecule has 0 amide bonds. The van der Waals surface area contributed by atoms with Crippen molar-refractivity contribution in [2.24, 2.45) is 0 Å². The largest absolute Gasteiger partial charge is 0.384 e. The molecule has 0 spiro atoms. The van der Waals surface area contributed by atoms with Gasteiger partial charge in [-0.2, -0.15) is 5.10 Å². The van der Waals surface area contributed by atoms with Gasteiger partial charge < -0.3 is 10.3 Å². The molecule has 25 heavy (non-hydrogen) atoms. The summed E-state index contributed by atoms with van der Waals surface area (Å²) in [6.07, 6.45) is 4.52. The maximum atomic E-state index is 14.0. The van der Waals surface area contributed by atoms with E-state index in [-0.39, 0.29) is 12.2 Å². The lowest BCUT2D eigenvalue weighted by molar-refractivity contribution is 0.421. The third-order valence-corrected chi connectivity index (χ3v) is 3.52. The van der Waals surface area contributed by atoms with E-state index in [0.717, 1.165) is 0 Å². The monoisotopic (exact) mass is 337 g/mol. The second-order valence-corrected chi connectivity index (χ2v) is 5.19. The van der Waals surface area contributed by atoms with Gasteiger partial charge in [0.05, 0.1) is 17.9 Å².